The SMILES string of the molecule is Cc1ncc(C(=O)C(C#N)c2ccccc2Br)s1. The molecule has 2 aromatic rings. The van der Waals surface area contributed by atoms with Gasteiger partial charge in [-0.2, -0.15) is 5.26 Å². The highest BCUT2D eigenvalue weighted by Crippen LogP contribution is 2.28. The summed E-state index contributed by atoms with van der Waals surface area (Å²) in [5.41, 5.74) is 0.691. The zero-order chi connectivity index (χ0) is 13.1. The number of hydrogen-bond donors (Lipinski definition) is 0. The molecule has 1 aromatic heterocycles. The van der Waals surface area contributed by atoms with E-state index in [1.807, 2.05) is 25.1 Å². The Morgan fingerprint density at radius 3 is 2.78 bits per heavy atom. The summed E-state index contributed by atoms with van der Waals surface area (Å²) in [6.45, 7) is 1.83. The summed E-state index contributed by atoms with van der Waals surface area (Å²) in [5, 5.41) is 10.1. The van der Waals surface area contributed by atoms with E-state index in [1.165, 1.54) is 17.5 Å². The first kappa shape index (κ1) is 12.9. The van der Waals surface area contributed by atoms with E-state index in [0.29, 0.717) is 10.4 Å². The molecule has 5 heteroatoms. The summed E-state index contributed by atoms with van der Waals surface area (Å²) in [6.07, 6.45) is 1.53. The van der Waals surface area contributed by atoms with Crippen LogP contribution in [0.5, 0.6) is 0 Å². The number of thiazole rings is 1. The molecule has 0 aliphatic carbocycles. The first-order valence-electron chi connectivity index (χ1n) is 5.24. The smallest absolute Gasteiger partial charge is 0.196 e. The summed E-state index contributed by atoms with van der Waals surface area (Å²) < 4.78 is 0.770. The third-order valence-electron chi connectivity index (χ3n) is 2.47. The number of carbonyl (C=O) groups is 1. The molecule has 3 nitrogen and oxygen atoms in total. The van der Waals surface area contributed by atoms with Gasteiger partial charge < -0.3 is 0 Å². The molecule has 0 bridgehead atoms. The quantitative estimate of drug-likeness (QED) is 0.810. The average molecular weight is 321 g/mol. The highest BCUT2D eigenvalue weighted by molar-refractivity contribution is 9.10. The lowest BCUT2D eigenvalue weighted by Crippen LogP contribution is -2.10. The fraction of sp³-hybridized carbons (Fsp3) is 0.154. The van der Waals surface area contributed by atoms with E-state index >= 15 is 0 Å². The van der Waals surface area contributed by atoms with Crippen molar-refractivity contribution in [3.63, 3.8) is 0 Å². The van der Waals surface area contributed by atoms with Crippen molar-refractivity contribution in [2.45, 2.75) is 12.8 Å². The molecule has 1 atom stereocenters. The largest absolute Gasteiger partial charge is 0.291 e. The van der Waals surface area contributed by atoms with Crippen LogP contribution in [-0.2, 0) is 0 Å². The highest BCUT2D eigenvalue weighted by Gasteiger charge is 2.24. The van der Waals surface area contributed by atoms with E-state index in [9.17, 15) is 10.1 Å². The van der Waals surface area contributed by atoms with E-state index in [-0.39, 0.29) is 5.78 Å². The van der Waals surface area contributed by atoms with Crippen LogP contribution in [-0.4, -0.2) is 10.8 Å². The molecular formula is C13H9BrN2OS. The molecule has 0 aliphatic rings. The second-order valence-electron chi connectivity index (χ2n) is 3.69. The second kappa shape index (κ2) is 5.42. The van der Waals surface area contributed by atoms with Crippen LogP contribution >= 0.6 is 27.3 Å². The molecule has 0 radical (unpaired) electrons. The molecule has 0 amide bonds. The Balaban J connectivity index is 2.39. The lowest BCUT2D eigenvalue weighted by Gasteiger charge is -2.08. The molecule has 0 saturated heterocycles. The van der Waals surface area contributed by atoms with Gasteiger partial charge in [0.1, 0.15) is 5.92 Å². The number of Topliss-reactive ketones (excluding diaryl/α,β-unsaturated/α-hetero) is 1. The third kappa shape index (κ3) is 2.50. The van der Waals surface area contributed by atoms with Gasteiger partial charge in [0.2, 0.25) is 0 Å². The van der Waals surface area contributed by atoms with Crippen molar-refractivity contribution < 1.29 is 4.79 Å². The summed E-state index contributed by atoms with van der Waals surface area (Å²) in [6, 6.07) is 9.34. The third-order valence-corrected chi connectivity index (χ3v) is 4.12. The van der Waals surface area contributed by atoms with Gasteiger partial charge in [-0.05, 0) is 18.6 Å². The van der Waals surface area contributed by atoms with E-state index in [0.717, 1.165) is 9.48 Å². The molecule has 1 aromatic carbocycles. The van der Waals surface area contributed by atoms with Gasteiger partial charge in [0.15, 0.2) is 5.78 Å². The number of ketones is 1. The maximum atomic E-state index is 12.3. The number of aromatic nitrogens is 1. The van der Waals surface area contributed by atoms with Gasteiger partial charge in [0.25, 0.3) is 0 Å². The topological polar surface area (TPSA) is 53.8 Å². The van der Waals surface area contributed by atoms with Gasteiger partial charge in [-0.25, -0.2) is 4.98 Å². The highest BCUT2D eigenvalue weighted by atomic mass is 79.9. The van der Waals surface area contributed by atoms with Gasteiger partial charge >= 0.3 is 0 Å². The Morgan fingerprint density at radius 2 is 2.22 bits per heavy atom. The van der Waals surface area contributed by atoms with Crippen molar-refractivity contribution in [2.24, 2.45) is 0 Å². The van der Waals surface area contributed by atoms with Crippen LogP contribution in [0.15, 0.2) is 34.9 Å². The molecule has 1 heterocycles. The van der Waals surface area contributed by atoms with Crippen LogP contribution in [0.3, 0.4) is 0 Å². The van der Waals surface area contributed by atoms with Crippen LogP contribution in [0.1, 0.15) is 26.2 Å². The van der Waals surface area contributed by atoms with E-state index in [4.69, 9.17) is 0 Å². The molecular weight excluding hydrogens is 312 g/mol. The lowest BCUT2D eigenvalue weighted by atomic mass is 9.95. The Bertz CT molecular complexity index is 630. The number of hydrogen-bond acceptors (Lipinski definition) is 4. The summed E-state index contributed by atoms with van der Waals surface area (Å²) in [5.74, 6) is -0.990. The summed E-state index contributed by atoms with van der Waals surface area (Å²) in [4.78, 5) is 16.8. The van der Waals surface area contributed by atoms with Crippen molar-refractivity contribution in [1.29, 1.82) is 5.26 Å². The normalized spacial score (nSPS) is 11.8. The Hall–Kier alpha value is -1.51. The monoisotopic (exact) mass is 320 g/mol. The van der Waals surface area contributed by atoms with Crippen LogP contribution in [0.4, 0.5) is 0 Å². The van der Waals surface area contributed by atoms with Crippen molar-refractivity contribution in [2.75, 3.05) is 0 Å². The molecule has 2 rings (SSSR count). The number of aryl methyl sites for hydroxylation is 1. The second-order valence-corrected chi connectivity index (χ2v) is 5.78. The van der Waals surface area contributed by atoms with Crippen LogP contribution in [0.2, 0.25) is 0 Å². The van der Waals surface area contributed by atoms with Gasteiger partial charge in [0.05, 0.1) is 16.0 Å². The molecule has 18 heavy (non-hydrogen) atoms. The number of nitrogens with zero attached hydrogens (tertiary/aromatic N) is 2. The maximum Gasteiger partial charge on any atom is 0.196 e. The van der Waals surface area contributed by atoms with E-state index in [1.54, 1.807) is 6.07 Å². The first-order valence-corrected chi connectivity index (χ1v) is 6.85. The van der Waals surface area contributed by atoms with Gasteiger partial charge in [-0.15, -0.1) is 11.3 Å². The summed E-state index contributed by atoms with van der Waals surface area (Å²) in [7, 11) is 0. The number of halogens is 1. The minimum absolute atomic E-state index is 0.199. The van der Waals surface area contributed by atoms with E-state index in [2.05, 4.69) is 27.0 Å². The average Bonchev–Trinajstić information content (AvgIpc) is 2.79. The number of nitriles is 1. The number of carbonyl (C=O) groups excluding carboxylic acids is 1. The fourth-order valence-corrected chi connectivity index (χ4v) is 2.86. The van der Waals surface area contributed by atoms with Crippen LogP contribution in [0.25, 0.3) is 0 Å². The predicted octanol–water partition coefficient (Wildman–Crippen LogP) is 3.70. The molecule has 1 unspecified atom stereocenters. The molecule has 0 fully saturated rings. The fourth-order valence-electron chi connectivity index (χ4n) is 1.60. The summed E-state index contributed by atoms with van der Waals surface area (Å²) >= 11 is 4.68. The first-order chi connectivity index (χ1) is 8.63. The Kier molecular flexibility index (Phi) is 3.90. The standard InChI is InChI=1S/C13H9BrN2OS/c1-8-16-7-12(18-8)13(17)10(6-15)9-4-2-3-5-11(9)14/h2-5,7,10H,1H3. The zero-order valence-electron chi connectivity index (χ0n) is 9.55. The van der Waals surface area contributed by atoms with Crippen LogP contribution < -0.4 is 0 Å². The van der Waals surface area contributed by atoms with Gasteiger partial charge in [-0.3, -0.25) is 4.79 Å². The Morgan fingerprint density at radius 1 is 1.50 bits per heavy atom. The molecule has 0 N–H and O–H groups in total. The number of benzene rings is 1. The zero-order valence-corrected chi connectivity index (χ0v) is 12.0. The minimum atomic E-state index is -0.791. The number of rotatable bonds is 3. The van der Waals surface area contributed by atoms with Crippen molar-refractivity contribution >= 4 is 33.0 Å². The van der Waals surface area contributed by atoms with Crippen molar-refractivity contribution in [1.82, 2.24) is 4.98 Å². The predicted molar refractivity (Wildman–Crippen MR) is 73.7 cm³/mol. The molecule has 0 saturated carbocycles. The van der Waals surface area contributed by atoms with E-state index < -0.39 is 5.92 Å². The van der Waals surface area contributed by atoms with Crippen molar-refractivity contribution in [3.8, 4) is 6.07 Å². The minimum Gasteiger partial charge on any atom is -0.291 e. The lowest BCUT2D eigenvalue weighted by molar-refractivity contribution is 0.0982. The van der Waals surface area contributed by atoms with Crippen molar-refractivity contribution in [3.05, 3.63) is 50.4 Å². The molecule has 0 aliphatic heterocycles. The maximum absolute atomic E-state index is 12.3. The molecule has 0 spiro atoms. The Labute approximate surface area is 117 Å². The van der Waals surface area contributed by atoms with Gasteiger partial charge in [-0.1, -0.05) is 34.1 Å². The van der Waals surface area contributed by atoms with Crippen LogP contribution in [0, 0.1) is 18.3 Å². The van der Waals surface area contributed by atoms with Gasteiger partial charge in [0, 0.05) is 10.7 Å². The molecule has 90 valence electrons.